The highest BCUT2D eigenvalue weighted by Gasteiger charge is 2.19. The average molecular weight is 433 g/mol. The van der Waals surface area contributed by atoms with E-state index < -0.39 is 0 Å². The second-order valence-corrected chi connectivity index (χ2v) is 7.95. The van der Waals surface area contributed by atoms with Crippen LogP contribution in [0.3, 0.4) is 0 Å². The zero-order valence-electron chi connectivity index (χ0n) is 17.3. The molecule has 1 aromatic heterocycles. The minimum atomic E-state index is -0.297. The number of carbonyl (C=O) groups excluding carboxylic acids is 1. The second kappa shape index (κ2) is 8.78. The van der Waals surface area contributed by atoms with Gasteiger partial charge in [-0.15, -0.1) is 0 Å². The van der Waals surface area contributed by atoms with Gasteiger partial charge in [-0.3, -0.25) is 4.79 Å². The van der Waals surface area contributed by atoms with Crippen molar-refractivity contribution in [1.29, 1.82) is 0 Å². The number of hydrogen-bond donors (Lipinski definition) is 1. The molecule has 0 bridgehead atoms. The number of hydrogen-bond acceptors (Lipinski definition) is 1. The monoisotopic (exact) mass is 432 g/mol. The normalized spacial score (nSPS) is 10.8. The number of nitrogens with zero attached hydrogens (tertiary/aromatic N) is 1. The molecule has 5 heteroatoms. The van der Waals surface area contributed by atoms with Crippen LogP contribution in [-0.4, -0.2) is 10.5 Å². The molecule has 0 atom stereocenters. The Morgan fingerprint density at radius 2 is 1.58 bits per heavy atom. The van der Waals surface area contributed by atoms with E-state index in [2.05, 4.69) is 22.0 Å². The molecule has 0 saturated heterocycles. The van der Waals surface area contributed by atoms with E-state index in [-0.39, 0.29) is 11.7 Å². The third kappa shape index (κ3) is 4.54. The first kappa shape index (κ1) is 20.9. The number of carbonyl (C=O) groups is 1. The molecule has 4 rings (SSSR count). The van der Waals surface area contributed by atoms with Crippen LogP contribution in [-0.2, 0) is 6.54 Å². The van der Waals surface area contributed by atoms with Crippen LogP contribution >= 0.6 is 11.6 Å². The van der Waals surface area contributed by atoms with Crippen LogP contribution in [0.15, 0.2) is 78.9 Å². The molecule has 0 unspecified atom stereocenters. The highest BCUT2D eigenvalue weighted by Crippen LogP contribution is 2.30. The maximum atomic E-state index is 13.1. The lowest BCUT2D eigenvalue weighted by molar-refractivity contribution is 0.0950. The van der Waals surface area contributed by atoms with Crippen molar-refractivity contribution in [2.24, 2.45) is 0 Å². The Morgan fingerprint density at radius 1 is 0.935 bits per heavy atom. The van der Waals surface area contributed by atoms with Crippen LogP contribution in [0.1, 0.15) is 27.2 Å². The SMILES string of the molecule is Cc1ccc(-n2c(-c3ccc(Cl)cc3)cc(C(=O)NCc3ccc(F)cc3)c2C)cc1. The van der Waals surface area contributed by atoms with Crippen molar-refractivity contribution in [3.05, 3.63) is 112 Å². The van der Waals surface area contributed by atoms with E-state index in [4.69, 9.17) is 11.6 Å². The van der Waals surface area contributed by atoms with Crippen molar-refractivity contribution in [3.8, 4) is 16.9 Å². The van der Waals surface area contributed by atoms with Crippen molar-refractivity contribution in [3.63, 3.8) is 0 Å². The summed E-state index contributed by atoms with van der Waals surface area (Å²) in [6.07, 6.45) is 0. The first-order valence-electron chi connectivity index (χ1n) is 10.0. The largest absolute Gasteiger partial charge is 0.348 e. The van der Waals surface area contributed by atoms with E-state index in [0.29, 0.717) is 17.1 Å². The number of rotatable bonds is 5. The summed E-state index contributed by atoms with van der Waals surface area (Å²) in [6, 6.07) is 23.8. The van der Waals surface area contributed by atoms with Crippen molar-refractivity contribution in [1.82, 2.24) is 9.88 Å². The van der Waals surface area contributed by atoms with Gasteiger partial charge in [0.05, 0.1) is 11.3 Å². The van der Waals surface area contributed by atoms with Crippen molar-refractivity contribution < 1.29 is 9.18 Å². The molecule has 0 aliphatic carbocycles. The van der Waals surface area contributed by atoms with Crippen molar-refractivity contribution in [2.45, 2.75) is 20.4 Å². The van der Waals surface area contributed by atoms with Crippen LogP contribution in [0.25, 0.3) is 16.9 Å². The van der Waals surface area contributed by atoms with Gasteiger partial charge in [0, 0.05) is 22.9 Å². The van der Waals surface area contributed by atoms with Gasteiger partial charge >= 0.3 is 0 Å². The van der Waals surface area contributed by atoms with E-state index in [1.807, 2.05) is 56.3 Å². The Kier molecular flexibility index (Phi) is 5.92. The second-order valence-electron chi connectivity index (χ2n) is 7.52. The summed E-state index contributed by atoms with van der Waals surface area (Å²) in [4.78, 5) is 13.0. The van der Waals surface area contributed by atoms with E-state index in [9.17, 15) is 9.18 Å². The Balaban J connectivity index is 1.71. The van der Waals surface area contributed by atoms with Gasteiger partial charge < -0.3 is 9.88 Å². The maximum absolute atomic E-state index is 13.1. The molecule has 0 spiro atoms. The molecule has 0 fully saturated rings. The molecule has 31 heavy (non-hydrogen) atoms. The zero-order valence-corrected chi connectivity index (χ0v) is 18.1. The average Bonchev–Trinajstić information content (AvgIpc) is 3.11. The fraction of sp³-hybridized carbons (Fsp3) is 0.115. The molecule has 0 radical (unpaired) electrons. The Bertz CT molecular complexity index is 1210. The lowest BCUT2D eigenvalue weighted by Gasteiger charge is -2.13. The molecular formula is C26H22ClFN2O. The molecular weight excluding hydrogens is 411 g/mol. The molecule has 4 aromatic rings. The summed E-state index contributed by atoms with van der Waals surface area (Å²) in [6.45, 7) is 4.30. The molecule has 3 aromatic carbocycles. The van der Waals surface area contributed by atoms with E-state index in [1.165, 1.54) is 17.7 Å². The predicted molar refractivity (Wildman–Crippen MR) is 123 cm³/mol. The standard InChI is InChI=1S/C26H22ClFN2O/c1-17-3-13-23(14-4-17)30-18(2)24(15-25(30)20-7-9-21(27)10-8-20)26(31)29-16-19-5-11-22(28)12-6-19/h3-15H,16H2,1-2H3,(H,29,31). The van der Waals surface area contributed by atoms with Gasteiger partial charge in [-0.1, -0.05) is 53.6 Å². The summed E-state index contributed by atoms with van der Waals surface area (Å²) in [5, 5.41) is 3.60. The molecule has 1 amide bonds. The first-order valence-corrected chi connectivity index (χ1v) is 10.4. The number of aryl methyl sites for hydroxylation is 1. The number of nitrogens with one attached hydrogen (secondary N) is 1. The first-order chi connectivity index (χ1) is 14.9. The summed E-state index contributed by atoms with van der Waals surface area (Å²) in [7, 11) is 0. The van der Waals surface area contributed by atoms with Crippen LogP contribution in [0.2, 0.25) is 5.02 Å². The molecule has 1 N–H and O–H groups in total. The van der Waals surface area contributed by atoms with E-state index in [0.717, 1.165) is 28.2 Å². The Morgan fingerprint density at radius 3 is 2.23 bits per heavy atom. The van der Waals surface area contributed by atoms with Gasteiger partial charge in [-0.05, 0) is 67.4 Å². The van der Waals surface area contributed by atoms with Crippen LogP contribution < -0.4 is 5.32 Å². The van der Waals surface area contributed by atoms with Crippen LogP contribution in [0.5, 0.6) is 0 Å². The van der Waals surface area contributed by atoms with Crippen molar-refractivity contribution in [2.75, 3.05) is 0 Å². The van der Waals surface area contributed by atoms with Crippen LogP contribution in [0, 0.1) is 19.7 Å². The molecule has 0 aliphatic rings. The van der Waals surface area contributed by atoms with Crippen molar-refractivity contribution >= 4 is 17.5 Å². The molecule has 156 valence electrons. The third-order valence-corrected chi connectivity index (χ3v) is 5.54. The van der Waals surface area contributed by atoms with Gasteiger partial charge in [0.2, 0.25) is 0 Å². The lowest BCUT2D eigenvalue weighted by Crippen LogP contribution is -2.23. The molecule has 0 aliphatic heterocycles. The van der Waals surface area contributed by atoms with Crippen LogP contribution in [0.4, 0.5) is 4.39 Å². The molecule has 0 saturated carbocycles. The van der Waals surface area contributed by atoms with E-state index >= 15 is 0 Å². The van der Waals surface area contributed by atoms with E-state index in [1.54, 1.807) is 12.1 Å². The number of amides is 1. The third-order valence-electron chi connectivity index (χ3n) is 5.29. The van der Waals surface area contributed by atoms with Gasteiger partial charge in [0.1, 0.15) is 5.82 Å². The topological polar surface area (TPSA) is 34.0 Å². The smallest absolute Gasteiger partial charge is 0.253 e. The number of aromatic nitrogens is 1. The molecule has 1 heterocycles. The summed E-state index contributed by atoms with van der Waals surface area (Å²) < 4.78 is 15.2. The highest BCUT2D eigenvalue weighted by atomic mass is 35.5. The van der Waals surface area contributed by atoms with Gasteiger partial charge in [0.15, 0.2) is 0 Å². The number of halogens is 2. The minimum Gasteiger partial charge on any atom is -0.348 e. The van der Waals surface area contributed by atoms with Gasteiger partial charge in [-0.2, -0.15) is 0 Å². The minimum absolute atomic E-state index is 0.178. The van der Waals surface area contributed by atoms with Gasteiger partial charge in [-0.25, -0.2) is 4.39 Å². The number of benzene rings is 3. The maximum Gasteiger partial charge on any atom is 0.253 e. The quantitative estimate of drug-likeness (QED) is 0.384. The summed E-state index contributed by atoms with van der Waals surface area (Å²) >= 11 is 6.08. The molecule has 3 nitrogen and oxygen atoms in total. The van der Waals surface area contributed by atoms with Gasteiger partial charge in [0.25, 0.3) is 5.91 Å². The lowest BCUT2D eigenvalue weighted by atomic mass is 10.1. The summed E-state index contributed by atoms with van der Waals surface area (Å²) in [5.74, 6) is -0.475. The highest BCUT2D eigenvalue weighted by molar-refractivity contribution is 6.30. The fourth-order valence-corrected chi connectivity index (χ4v) is 3.70. The fourth-order valence-electron chi connectivity index (χ4n) is 3.58. The zero-order chi connectivity index (χ0) is 22.0. The Hall–Kier alpha value is -3.37. The summed E-state index contributed by atoms with van der Waals surface area (Å²) in [5.41, 5.74) is 6.28. The Labute approximate surface area is 186 Å². The predicted octanol–water partition coefficient (Wildman–Crippen LogP) is 6.48.